The molecule has 4 nitrogen and oxygen atoms in total. The Balaban J connectivity index is 0. The van der Waals surface area contributed by atoms with Crippen molar-refractivity contribution < 1.29 is 34.7 Å². The van der Waals surface area contributed by atoms with Gasteiger partial charge in [0.25, 0.3) is 0 Å². The molecule has 0 saturated carbocycles. The summed E-state index contributed by atoms with van der Waals surface area (Å²) >= 11 is 0. The maximum Gasteiger partial charge on any atom is 1.00 e. The van der Waals surface area contributed by atoms with Crippen LogP contribution in [0.3, 0.4) is 0 Å². The van der Waals surface area contributed by atoms with Crippen LogP contribution in [0.4, 0.5) is 0 Å². The van der Waals surface area contributed by atoms with E-state index < -0.39 is 11.5 Å². The van der Waals surface area contributed by atoms with E-state index in [9.17, 15) is 5.11 Å². The van der Waals surface area contributed by atoms with Gasteiger partial charge in [-0.2, -0.15) is 10.5 Å². The molecule has 0 fully saturated rings. The van der Waals surface area contributed by atoms with Crippen LogP contribution >= 0.6 is 0 Å². The van der Waals surface area contributed by atoms with Crippen molar-refractivity contribution in [3.63, 3.8) is 0 Å². The van der Waals surface area contributed by atoms with Gasteiger partial charge in [-0.1, -0.05) is 0 Å². The van der Waals surface area contributed by atoms with Gasteiger partial charge in [0.2, 0.25) is 0 Å². The molecule has 0 rings (SSSR count). The van der Waals surface area contributed by atoms with Gasteiger partial charge in [0.1, 0.15) is 17.7 Å². The van der Waals surface area contributed by atoms with Crippen LogP contribution in [-0.4, -0.2) is 0 Å². The zero-order valence-corrected chi connectivity index (χ0v) is 6.88. The first-order chi connectivity index (χ1) is 3.72. The van der Waals surface area contributed by atoms with E-state index in [1.54, 1.807) is 0 Å². The zero-order valence-electron chi connectivity index (χ0n) is 4.88. The van der Waals surface area contributed by atoms with Crippen molar-refractivity contribution in [1.82, 2.24) is 0 Å². The molecule has 0 atom stereocenters. The van der Waals surface area contributed by atoms with Crippen molar-refractivity contribution in [1.29, 1.82) is 10.5 Å². The van der Waals surface area contributed by atoms with Gasteiger partial charge in [-0.25, -0.2) is 0 Å². The number of nitriles is 2. The molecular weight excluding hydrogens is 129 g/mol. The minimum atomic E-state index is -0.977. The molecule has 0 aromatic carbocycles. The van der Waals surface area contributed by atoms with E-state index in [0.29, 0.717) is 0 Å². The molecule has 0 bridgehead atoms. The van der Waals surface area contributed by atoms with E-state index in [4.69, 9.17) is 10.5 Å². The second kappa shape index (κ2) is 5.46. The average Bonchev–Trinajstić information content (AvgIpc) is 1.69. The van der Waals surface area contributed by atoms with Gasteiger partial charge < -0.3 is 10.8 Å². The summed E-state index contributed by atoms with van der Waals surface area (Å²) in [5.74, 6) is -0.977. The maximum atomic E-state index is 9.90. The number of nitrogens with zero attached hydrogens (tertiary/aromatic N) is 2. The van der Waals surface area contributed by atoms with Crippen LogP contribution in [0.15, 0.2) is 11.5 Å². The van der Waals surface area contributed by atoms with Crippen LogP contribution in [0.1, 0.15) is 0 Å². The molecular formula is C4H2N3NaO. The standard InChI is InChI=1S/C4H3N3O.Na/c5-1-3(2-6)4(7)8;/h8H,7H2;/q;+1/p-1. The molecule has 0 aliphatic rings. The molecule has 0 spiro atoms. The van der Waals surface area contributed by atoms with Gasteiger partial charge in [0.15, 0.2) is 0 Å². The fraction of sp³-hybridized carbons (Fsp3) is 0. The molecule has 0 saturated heterocycles. The topological polar surface area (TPSA) is 96.7 Å². The van der Waals surface area contributed by atoms with Gasteiger partial charge >= 0.3 is 29.6 Å². The molecule has 0 unspecified atom stereocenters. The van der Waals surface area contributed by atoms with Crippen molar-refractivity contribution >= 4 is 0 Å². The van der Waals surface area contributed by atoms with Crippen LogP contribution in [0, 0.1) is 22.7 Å². The van der Waals surface area contributed by atoms with Gasteiger partial charge in [-0.15, -0.1) is 0 Å². The van der Waals surface area contributed by atoms with E-state index in [1.165, 1.54) is 12.1 Å². The first-order valence-electron chi connectivity index (χ1n) is 1.69. The predicted octanol–water partition coefficient (Wildman–Crippen LogP) is -4.43. The van der Waals surface area contributed by atoms with Gasteiger partial charge in [-0.3, -0.25) is 0 Å². The Bertz CT molecular complexity index is 177. The molecule has 0 aliphatic heterocycles. The maximum absolute atomic E-state index is 9.90. The third kappa shape index (κ3) is 3.87. The number of allylic oxidation sites excluding steroid dienone is 1. The third-order valence-corrected chi connectivity index (χ3v) is 0.470. The molecule has 5 heteroatoms. The fourth-order valence-electron chi connectivity index (χ4n) is 0.135. The Morgan fingerprint density at radius 2 is 1.67 bits per heavy atom. The third-order valence-electron chi connectivity index (χ3n) is 0.470. The number of rotatable bonds is 0. The predicted molar refractivity (Wildman–Crippen MR) is 22.4 cm³/mol. The van der Waals surface area contributed by atoms with Crippen LogP contribution in [0.2, 0.25) is 0 Å². The molecule has 0 aliphatic carbocycles. The van der Waals surface area contributed by atoms with Crippen molar-refractivity contribution in [2.24, 2.45) is 5.73 Å². The summed E-state index contributed by atoms with van der Waals surface area (Å²) in [6, 6.07) is 2.66. The molecule has 0 radical (unpaired) electrons. The smallest absolute Gasteiger partial charge is 0.859 e. The second-order valence-corrected chi connectivity index (χ2v) is 0.963. The quantitative estimate of drug-likeness (QED) is 0.204. The Labute approximate surface area is 74.5 Å². The monoisotopic (exact) mass is 131 g/mol. The van der Waals surface area contributed by atoms with E-state index in [1.807, 2.05) is 0 Å². The van der Waals surface area contributed by atoms with Crippen LogP contribution in [0.25, 0.3) is 0 Å². The number of nitrogens with two attached hydrogens (primary N) is 1. The normalized spacial score (nSPS) is 5.56. The Morgan fingerprint density at radius 3 is 1.67 bits per heavy atom. The summed E-state index contributed by atoms with van der Waals surface area (Å²) in [6.07, 6.45) is 0. The van der Waals surface area contributed by atoms with Crippen LogP contribution in [-0.2, 0) is 0 Å². The summed E-state index contributed by atoms with van der Waals surface area (Å²) < 4.78 is 0. The minimum Gasteiger partial charge on any atom is -0.859 e. The summed E-state index contributed by atoms with van der Waals surface area (Å²) in [6.45, 7) is 0. The molecule has 0 aromatic rings. The summed E-state index contributed by atoms with van der Waals surface area (Å²) in [5.41, 5.74) is 3.97. The average molecular weight is 131 g/mol. The van der Waals surface area contributed by atoms with Gasteiger partial charge in [0, 0.05) is 0 Å². The molecule has 0 aromatic heterocycles. The minimum absolute atomic E-state index is 0. The molecule has 2 N–H and O–H groups in total. The molecule has 40 valence electrons. The number of hydrogen-bond acceptors (Lipinski definition) is 4. The summed E-state index contributed by atoms with van der Waals surface area (Å²) in [7, 11) is 0. The van der Waals surface area contributed by atoms with Crippen molar-refractivity contribution in [2.45, 2.75) is 0 Å². The van der Waals surface area contributed by atoms with E-state index in [0.717, 1.165) is 0 Å². The second-order valence-electron chi connectivity index (χ2n) is 0.963. The largest absolute Gasteiger partial charge is 1.00 e. The molecule has 0 amide bonds. The van der Waals surface area contributed by atoms with E-state index in [2.05, 4.69) is 5.73 Å². The number of hydrogen-bond donors (Lipinski definition) is 1. The summed E-state index contributed by atoms with van der Waals surface area (Å²) in [5, 5.41) is 25.7. The zero-order chi connectivity index (χ0) is 6.57. The fourth-order valence-corrected chi connectivity index (χ4v) is 0.135. The SMILES string of the molecule is N#CC(C#N)=C(N)[O-].[Na+]. The Hall–Kier alpha value is -0.680. The Morgan fingerprint density at radius 1 is 1.33 bits per heavy atom. The van der Waals surface area contributed by atoms with Crippen molar-refractivity contribution in [3.05, 3.63) is 11.5 Å². The molecule has 9 heavy (non-hydrogen) atoms. The summed E-state index contributed by atoms with van der Waals surface area (Å²) in [4.78, 5) is 0. The first kappa shape index (κ1) is 11.2. The van der Waals surface area contributed by atoms with Crippen LogP contribution < -0.4 is 40.4 Å². The van der Waals surface area contributed by atoms with Gasteiger partial charge in [0.05, 0.1) is 0 Å². The van der Waals surface area contributed by atoms with Crippen molar-refractivity contribution in [3.8, 4) is 12.1 Å². The first-order valence-corrected chi connectivity index (χ1v) is 1.69. The molecule has 0 heterocycles. The van der Waals surface area contributed by atoms with E-state index in [-0.39, 0.29) is 29.6 Å². The van der Waals surface area contributed by atoms with Crippen LogP contribution in [0.5, 0.6) is 0 Å². The van der Waals surface area contributed by atoms with Gasteiger partial charge in [-0.05, 0) is 5.88 Å². The van der Waals surface area contributed by atoms with E-state index >= 15 is 0 Å². The van der Waals surface area contributed by atoms with Crippen molar-refractivity contribution in [2.75, 3.05) is 0 Å². The Kier molecular flexibility index (Phi) is 6.77.